The van der Waals surface area contributed by atoms with Gasteiger partial charge in [-0.05, 0) is 17.4 Å². The number of hydrogen-bond acceptors (Lipinski definition) is 4. The molecule has 19 heavy (non-hydrogen) atoms. The van der Waals surface area contributed by atoms with Crippen molar-refractivity contribution in [1.82, 2.24) is 10.2 Å². The van der Waals surface area contributed by atoms with E-state index < -0.39 is 0 Å². The number of nitrogens with zero attached hydrogens (tertiary/aromatic N) is 1. The number of hydrogen-bond donors (Lipinski definition) is 1. The van der Waals surface area contributed by atoms with Gasteiger partial charge in [0.1, 0.15) is 6.17 Å². The maximum atomic E-state index is 12.5. The number of nitrogens with one attached hydrogen (secondary N) is 1. The predicted molar refractivity (Wildman–Crippen MR) is 77.0 cm³/mol. The van der Waals surface area contributed by atoms with E-state index in [0.717, 1.165) is 6.42 Å². The first-order valence-electron chi connectivity index (χ1n) is 6.77. The highest BCUT2D eigenvalue weighted by atomic mass is 32.1. The normalized spacial score (nSPS) is 25.0. The van der Waals surface area contributed by atoms with Gasteiger partial charge in [0, 0.05) is 18.5 Å². The molecule has 1 N–H and O–H groups in total. The van der Waals surface area contributed by atoms with Crippen LogP contribution in [0.15, 0.2) is 17.5 Å². The minimum atomic E-state index is -0.0750. The Hall–Kier alpha value is -0.910. The van der Waals surface area contributed by atoms with E-state index in [4.69, 9.17) is 4.74 Å². The third-order valence-corrected chi connectivity index (χ3v) is 4.68. The predicted octanol–water partition coefficient (Wildman–Crippen LogP) is 2.24. The Balaban J connectivity index is 2.17. The number of rotatable bonds is 6. The fourth-order valence-corrected chi connectivity index (χ4v) is 3.19. The number of ether oxygens (including phenoxy) is 1. The first kappa shape index (κ1) is 14.5. The fraction of sp³-hybridized carbons (Fsp3) is 0.643. The molecular weight excluding hydrogens is 260 g/mol. The van der Waals surface area contributed by atoms with Crippen LogP contribution in [0, 0.1) is 5.92 Å². The van der Waals surface area contributed by atoms with Crippen LogP contribution in [-0.2, 0) is 9.53 Å². The van der Waals surface area contributed by atoms with Gasteiger partial charge in [-0.1, -0.05) is 26.3 Å². The summed E-state index contributed by atoms with van der Waals surface area (Å²) in [4.78, 5) is 15.6. The van der Waals surface area contributed by atoms with E-state index in [1.807, 2.05) is 16.3 Å². The number of thiophene rings is 1. The molecule has 0 bridgehead atoms. The average molecular weight is 282 g/mol. The summed E-state index contributed by atoms with van der Waals surface area (Å²) in [6.07, 6.45) is 1.00. The Kier molecular flexibility index (Phi) is 4.96. The van der Waals surface area contributed by atoms with Gasteiger partial charge in [0.2, 0.25) is 5.91 Å². The highest BCUT2D eigenvalue weighted by Gasteiger charge is 2.41. The van der Waals surface area contributed by atoms with Crippen LogP contribution in [0.4, 0.5) is 0 Å². The fourth-order valence-electron chi connectivity index (χ4n) is 2.39. The lowest BCUT2D eigenvalue weighted by atomic mass is 9.99. The first-order chi connectivity index (χ1) is 9.19. The smallest absolute Gasteiger partial charge is 0.241 e. The van der Waals surface area contributed by atoms with Crippen LogP contribution in [-0.4, -0.2) is 37.1 Å². The Morgan fingerprint density at radius 1 is 1.58 bits per heavy atom. The van der Waals surface area contributed by atoms with E-state index in [-0.39, 0.29) is 18.1 Å². The van der Waals surface area contributed by atoms with Crippen LogP contribution >= 0.6 is 11.3 Å². The summed E-state index contributed by atoms with van der Waals surface area (Å²) >= 11 is 1.68. The Morgan fingerprint density at radius 2 is 2.37 bits per heavy atom. The molecule has 1 aromatic rings. The van der Waals surface area contributed by atoms with Crippen molar-refractivity contribution in [1.29, 1.82) is 0 Å². The lowest BCUT2D eigenvalue weighted by molar-refractivity contribution is -0.131. The molecule has 106 valence electrons. The molecule has 4 nitrogen and oxygen atoms in total. The van der Waals surface area contributed by atoms with Crippen LogP contribution in [0.25, 0.3) is 0 Å². The Labute approximate surface area is 118 Å². The van der Waals surface area contributed by atoms with Crippen LogP contribution in [0.1, 0.15) is 31.3 Å². The van der Waals surface area contributed by atoms with Crippen molar-refractivity contribution in [3.63, 3.8) is 0 Å². The van der Waals surface area contributed by atoms with E-state index in [1.54, 1.807) is 18.4 Å². The third-order valence-electron chi connectivity index (χ3n) is 3.76. The van der Waals surface area contributed by atoms with E-state index in [2.05, 4.69) is 25.2 Å². The SMILES string of the molecule is CCC(C)C1NC(c2cccs2)N(CCOC)C1=O. The van der Waals surface area contributed by atoms with Crippen LogP contribution in [0.5, 0.6) is 0 Å². The largest absolute Gasteiger partial charge is 0.383 e. The average Bonchev–Trinajstić information content (AvgIpc) is 3.03. The number of methoxy groups -OCH3 is 1. The van der Waals surface area contributed by atoms with Crippen molar-refractivity contribution < 1.29 is 9.53 Å². The molecule has 0 radical (unpaired) electrons. The summed E-state index contributed by atoms with van der Waals surface area (Å²) in [5.41, 5.74) is 0. The van der Waals surface area contributed by atoms with Crippen molar-refractivity contribution in [3.05, 3.63) is 22.4 Å². The molecule has 1 fully saturated rings. The second kappa shape index (κ2) is 6.50. The second-order valence-corrected chi connectivity index (χ2v) is 5.95. The zero-order valence-corrected chi connectivity index (χ0v) is 12.6. The Morgan fingerprint density at radius 3 is 2.95 bits per heavy atom. The second-order valence-electron chi connectivity index (χ2n) is 4.97. The van der Waals surface area contributed by atoms with Gasteiger partial charge in [-0.15, -0.1) is 11.3 Å². The quantitative estimate of drug-likeness (QED) is 0.870. The van der Waals surface area contributed by atoms with Crippen LogP contribution in [0.3, 0.4) is 0 Å². The third kappa shape index (κ3) is 2.99. The molecule has 1 saturated heterocycles. The molecule has 0 aliphatic carbocycles. The number of carbonyl (C=O) groups excluding carboxylic acids is 1. The molecule has 3 unspecified atom stereocenters. The molecule has 1 aliphatic rings. The summed E-state index contributed by atoms with van der Waals surface area (Å²) in [5, 5.41) is 5.53. The summed E-state index contributed by atoms with van der Waals surface area (Å²) in [6.45, 7) is 5.46. The van der Waals surface area contributed by atoms with Gasteiger partial charge in [-0.25, -0.2) is 0 Å². The van der Waals surface area contributed by atoms with Crippen molar-refractivity contribution in [2.24, 2.45) is 5.92 Å². The lowest BCUT2D eigenvalue weighted by Crippen LogP contribution is -2.36. The van der Waals surface area contributed by atoms with E-state index in [0.29, 0.717) is 19.1 Å². The van der Waals surface area contributed by atoms with Gasteiger partial charge in [0.05, 0.1) is 12.6 Å². The highest BCUT2D eigenvalue weighted by Crippen LogP contribution is 2.31. The van der Waals surface area contributed by atoms with Gasteiger partial charge < -0.3 is 9.64 Å². The van der Waals surface area contributed by atoms with Crippen LogP contribution < -0.4 is 5.32 Å². The zero-order valence-electron chi connectivity index (χ0n) is 11.8. The number of carbonyl (C=O) groups is 1. The monoisotopic (exact) mass is 282 g/mol. The molecular formula is C14H22N2O2S. The zero-order chi connectivity index (χ0) is 13.8. The van der Waals surface area contributed by atoms with Gasteiger partial charge in [-0.2, -0.15) is 0 Å². The number of amides is 1. The van der Waals surface area contributed by atoms with Gasteiger partial charge >= 0.3 is 0 Å². The topological polar surface area (TPSA) is 41.6 Å². The van der Waals surface area contributed by atoms with Crippen LogP contribution in [0.2, 0.25) is 0 Å². The van der Waals surface area contributed by atoms with Crippen molar-refractivity contribution >= 4 is 17.2 Å². The minimum absolute atomic E-state index is 0.00153. The van der Waals surface area contributed by atoms with Gasteiger partial charge in [0.15, 0.2) is 0 Å². The van der Waals surface area contributed by atoms with E-state index >= 15 is 0 Å². The summed E-state index contributed by atoms with van der Waals surface area (Å²) in [5.74, 6) is 0.548. The first-order valence-corrected chi connectivity index (χ1v) is 7.65. The molecule has 2 rings (SSSR count). The summed E-state index contributed by atoms with van der Waals surface area (Å²) < 4.78 is 5.12. The van der Waals surface area contributed by atoms with E-state index in [9.17, 15) is 4.79 Å². The molecule has 1 aromatic heterocycles. The molecule has 1 aliphatic heterocycles. The highest BCUT2D eigenvalue weighted by molar-refractivity contribution is 7.10. The van der Waals surface area contributed by atoms with Gasteiger partial charge in [0.25, 0.3) is 0 Å². The lowest BCUT2D eigenvalue weighted by Gasteiger charge is -2.22. The molecule has 0 saturated carbocycles. The molecule has 1 amide bonds. The summed E-state index contributed by atoms with van der Waals surface area (Å²) in [7, 11) is 1.67. The molecule has 0 spiro atoms. The van der Waals surface area contributed by atoms with Gasteiger partial charge in [-0.3, -0.25) is 10.1 Å². The van der Waals surface area contributed by atoms with Crippen molar-refractivity contribution in [2.75, 3.05) is 20.3 Å². The maximum Gasteiger partial charge on any atom is 0.241 e. The summed E-state index contributed by atoms with van der Waals surface area (Å²) in [6, 6.07) is 4.03. The molecule has 0 aromatic carbocycles. The molecule has 3 atom stereocenters. The maximum absolute atomic E-state index is 12.5. The Bertz CT molecular complexity index is 408. The van der Waals surface area contributed by atoms with Crippen molar-refractivity contribution in [2.45, 2.75) is 32.5 Å². The molecule has 2 heterocycles. The minimum Gasteiger partial charge on any atom is -0.383 e. The standard InChI is InChI=1S/C14H22N2O2S/c1-4-10(2)12-14(17)16(7-8-18-3)13(15-12)11-6-5-9-19-11/h5-6,9-10,12-13,15H,4,7-8H2,1-3H3. The van der Waals surface area contributed by atoms with Crippen molar-refractivity contribution in [3.8, 4) is 0 Å². The molecule has 5 heteroatoms. The van der Waals surface area contributed by atoms with E-state index in [1.165, 1.54) is 4.88 Å².